The minimum atomic E-state index is -0.804. The summed E-state index contributed by atoms with van der Waals surface area (Å²) < 4.78 is 5.21. The maximum atomic E-state index is 12.6. The lowest BCUT2D eigenvalue weighted by molar-refractivity contribution is -0.129. The molecule has 9 heteroatoms. The summed E-state index contributed by atoms with van der Waals surface area (Å²) in [5.74, 6) is 0.133. The van der Waals surface area contributed by atoms with Crippen molar-refractivity contribution in [3.8, 4) is 5.75 Å². The molecule has 0 bridgehead atoms. The number of anilines is 1. The Balaban J connectivity index is 1.78. The Morgan fingerprint density at radius 1 is 1.23 bits per heavy atom. The number of likely N-dealkylation sites (tertiary alicyclic amines) is 1. The molecule has 3 amide bonds. The molecule has 0 aliphatic carbocycles. The summed E-state index contributed by atoms with van der Waals surface area (Å²) in [5.41, 5.74) is 6.28. The van der Waals surface area contributed by atoms with Gasteiger partial charge in [-0.3, -0.25) is 14.7 Å². The highest BCUT2D eigenvalue weighted by molar-refractivity contribution is 6.30. The average molecular weight is 446 g/mol. The quantitative estimate of drug-likeness (QED) is 0.633. The van der Waals surface area contributed by atoms with Gasteiger partial charge in [-0.2, -0.15) is 0 Å². The molecular formula is C22H28ClN5O3. The smallest absolute Gasteiger partial charge is 0.319 e. The van der Waals surface area contributed by atoms with Gasteiger partial charge in [0, 0.05) is 41.5 Å². The van der Waals surface area contributed by atoms with Crippen LogP contribution in [0.3, 0.4) is 0 Å². The highest BCUT2D eigenvalue weighted by Gasteiger charge is 2.40. The van der Waals surface area contributed by atoms with Crippen molar-refractivity contribution in [3.63, 3.8) is 0 Å². The van der Waals surface area contributed by atoms with Crippen molar-refractivity contribution in [2.75, 3.05) is 25.5 Å². The number of halogens is 1. The van der Waals surface area contributed by atoms with E-state index in [1.807, 2.05) is 30.9 Å². The number of rotatable bonds is 6. The van der Waals surface area contributed by atoms with Crippen LogP contribution in [0.25, 0.3) is 0 Å². The minimum Gasteiger partial charge on any atom is -0.495 e. The fourth-order valence-corrected chi connectivity index (χ4v) is 3.81. The van der Waals surface area contributed by atoms with Gasteiger partial charge >= 0.3 is 6.03 Å². The lowest BCUT2D eigenvalue weighted by Gasteiger charge is -2.44. The van der Waals surface area contributed by atoms with Crippen LogP contribution >= 0.6 is 11.6 Å². The van der Waals surface area contributed by atoms with Gasteiger partial charge < -0.3 is 21.1 Å². The molecule has 1 aromatic heterocycles. The number of nitrogens with two attached hydrogens (primary N) is 1. The van der Waals surface area contributed by atoms with Crippen molar-refractivity contribution in [1.82, 2.24) is 15.2 Å². The van der Waals surface area contributed by atoms with Crippen molar-refractivity contribution < 1.29 is 14.3 Å². The van der Waals surface area contributed by atoms with Crippen LogP contribution in [0.1, 0.15) is 31.9 Å². The molecule has 1 aliphatic rings. The topological polar surface area (TPSA) is 110 Å². The molecule has 0 spiro atoms. The summed E-state index contributed by atoms with van der Waals surface area (Å²) in [6, 6.07) is 10.1. The van der Waals surface area contributed by atoms with Crippen LogP contribution in [0.4, 0.5) is 10.5 Å². The molecule has 2 heterocycles. The molecule has 2 unspecified atom stereocenters. The molecule has 8 nitrogen and oxygen atoms in total. The van der Waals surface area contributed by atoms with Gasteiger partial charge in [-0.15, -0.1) is 0 Å². The summed E-state index contributed by atoms with van der Waals surface area (Å²) in [6.45, 7) is 4.78. The van der Waals surface area contributed by atoms with E-state index in [9.17, 15) is 9.59 Å². The second-order valence-electron chi connectivity index (χ2n) is 8.10. The van der Waals surface area contributed by atoms with Crippen LogP contribution < -0.4 is 21.1 Å². The number of aromatic nitrogens is 1. The molecule has 0 radical (unpaired) electrons. The van der Waals surface area contributed by atoms with Gasteiger partial charge in [0.05, 0.1) is 18.8 Å². The number of hydrogen-bond donors (Lipinski definition) is 3. The van der Waals surface area contributed by atoms with Gasteiger partial charge in [0.25, 0.3) is 0 Å². The first-order chi connectivity index (χ1) is 14.7. The Labute approximate surface area is 187 Å². The predicted octanol–water partition coefficient (Wildman–Crippen LogP) is 2.99. The Bertz CT molecular complexity index is 918. The molecule has 1 aromatic carbocycles. The van der Waals surface area contributed by atoms with Crippen molar-refractivity contribution in [3.05, 3.63) is 53.3 Å². The molecule has 3 rings (SSSR count). The third kappa shape index (κ3) is 5.45. The summed E-state index contributed by atoms with van der Waals surface area (Å²) in [4.78, 5) is 31.2. The summed E-state index contributed by atoms with van der Waals surface area (Å²) in [6.07, 6.45) is 2.29. The number of carbonyl (C=O) groups is 2. The predicted molar refractivity (Wildman–Crippen MR) is 120 cm³/mol. The van der Waals surface area contributed by atoms with Crippen LogP contribution in [0, 0.1) is 0 Å². The number of pyridine rings is 1. The van der Waals surface area contributed by atoms with Crippen molar-refractivity contribution in [2.24, 2.45) is 5.73 Å². The number of nitrogens with one attached hydrogen (secondary N) is 2. The van der Waals surface area contributed by atoms with Gasteiger partial charge in [-0.25, -0.2) is 4.79 Å². The van der Waals surface area contributed by atoms with E-state index in [2.05, 4.69) is 15.6 Å². The number of carbonyl (C=O) groups excluding carboxylic acids is 2. The maximum Gasteiger partial charge on any atom is 0.319 e. The first kappa shape index (κ1) is 22.8. The van der Waals surface area contributed by atoms with E-state index in [0.29, 0.717) is 36.0 Å². The number of nitrogens with zero attached hydrogens (tertiary/aromatic N) is 2. The SMILES string of the molecule is COc1ccc(C2CN(C(C)(C)C(N)=O)CCC2NC(=O)Nc2ccc(Cl)cc2)nc1. The van der Waals surface area contributed by atoms with Gasteiger partial charge in [0.15, 0.2) is 0 Å². The monoisotopic (exact) mass is 445 g/mol. The molecule has 31 heavy (non-hydrogen) atoms. The molecule has 166 valence electrons. The van der Waals surface area contributed by atoms with Gasteiger partial charge in [-0.05, 0) is 56.7 Å². The lowest BCUT2D eigenvalue weighted by atomic mass is 9.86. The van der Waals surface area contributed by atoms with E-state index >= 15 is 0 Å². The Hall–Kier alpha value is -2.84. The largest absolute Gasteiger partial charge is 0.495 e. The van der Waals surface area contributed by atoms with E-state index in [4.69, 9.17) is 22.1 Å². The number of urea groups is 1. The number of piperidine rings is 1. The second kappa shape index (κ2) is 9.53. The lowest BCUT2D eigenvalue weighted by Crippen LogP contribution is -2.60. The fourth-order valence-electron chi connectivity index (χ4n) is 3.69. The van der Waals surface area contributed by atoms with Crippen LogP contribution in [0.2, 0.25) is 5.02 Å². The van der Waals surface area contributed by atoms with E-state index in [-0.39, 0.29) is 23.9 Å². The minimum absolute atomic E-state index is 0.130. The zero-order valence-electron chi connectivity index (χ0n) is 17.9. The fraction of sp³-hybridized carbons (Fsp3) is 0.409. The third-order valence-corrected chi connectivity index (χ3v) is 6.05. The maximum absolute atomic E-state index is 12.6. The number of ether oxygens (including phenoxy) is 1. The average Bonchev–Trinajstić information content (AvgIpc) is 2.75. The number of amides is 3. The first-order valence-corrected chi connectivity index (χ1v) is 10.5. The Kier molecular flexibility index (Phi) is 7.02. The van der Waals surface area contributed by atoms with E-state index in [0.717, 1.165) is 5.69 Å². The molecule has 2 atom stereocenters. The highest BCUT2D eigenvalue weighted by Crippen LogP contribution is 2.31. The summed E-state index contributed by atoms with van der Waals surface area (Å²) in [7, 11) is 1.58. The molecule has 4 N–H and O–H groups in total. The molecule has 1 aliphatic heterocycles. The molecule has 2 aromatic rings. The van der Waals surface area contributed by atoms with E-state index in [1.54, 1.807) is 37.6 Å². The van der Waals surface area contributed by atoms with Crippen molar-refractivity contribution in [1.29, 1.82) is 0 Å². The third-order valence-electron chi connectivity index (χ3n) is 5.80. The van der Waals surface area contributed by atoms with Crippen molar-refractivity contribution >= 4 is 29.2 Å². The van der Waals surface area contributed by atoms with E-state index < -0.39 is 5.54 Å². The van der Waals surface area contributed by atoms with Crippen LogP contribution in [-0.4, -0.2) is 53.6 Å². The first-order valence-electron chi connectivity index (χ1n) is 10.1. The number of benzene rings is 1. The molecule has 1 fully saturated rings. The summed E-state index contributed by atoms with van der Waals surface area (Å²) in [5, 5.41) is 6.49. The Morgan fingerprint density at radius 2 is 1.94 bits per heavy atom. The normalized spacial score (nSPS) is 19.5. The second-order valence-corrected chi connectivity index (χ2v) is 8.54. The van der Waals surface area contributed by atoms with Crippen LogP contribution in [0.5, 0.6) is 5.75 Å². The van der Waals surface area contributed by atoms with Gasteiger partial charge in [-0.1, -0.05) is 11.6 Å². The van der Waals surface area contributed by atoms with Gasteiger partial charge in [0.2, 0.25) is 5.91 Å². The number of primary amides is 1. The number of hydrogen-bond acceptors (Lipinski definition) is 5. The molecular weight excluding hydrogens is 418 g/mol. The Morgan fingerprint density at radius 3 is 2.52 bits per heavy atom. The zero-order valence-corrected chi connectivity index (χ0v) is 18.6. The van der Waals surface area contributed by atoms with Crippen LogP contribution in [-0.2, 0) is 4.79 Å². The van der Waals surface area contributed by atoms with Crippen LogP contribution in [0.15, 0.2) is 42.6 Å². The zero-order chi connectivity index (χ0) is 22.6. The standard InChI is InChI=1S/C22H28ClN5O3/c1-22(2,20(24)29)28-11-10-19(17(13-28)18-9-8-16(31-3)12-25-18)27-21(30)26-15-6-4-14(23)5-7-15/h4-9,12,17,19H,10-11,13H2,1-3H3,(H2,24,29)(H2,26,27,30). The highest BCUT2D eigenvalue weighted by atomic mass is 35.5. The van der Waals surface area contributed by atoms with Crippen molar-refractivity contribution in [2.45, 2.75) is 37.8 Å². The summed E-state index contributed by atoms with van der Waals surface area (Å²) >= 11 is 5.90. The molecule has 1 saturated heterocycles. The van der Waals surface area contributed by atoms with Gasteiger partial charge in [0.1, 0.15) is 5.75 Å². The van der Waals surface area contributed by atoms with E-state index in [1.165, 1.54) is 0 Å². The molecule has 0 saturated carbocycles. The number of methoxy groups -OCH3 is 1.